The number of carbonyl (C=O) groups excluding carboxylic acids is 3. The molecule has 0 saturated carbocycles. The van der Waals surface area contributed by atoms with Crippen LogP contribution in [0.25, 0.3) is 0 Å². The molecule has 0 aromatic rings. The second-order valence-corrected chi connectivity index (χ2v) is 2.17. The highest BCUT2D eigenvalue weighted by atomic mass is 32.1. The quantitative estimate of drug-likeness (QED) is 0.449. The van der Waals surface area contributed by atoms with E-state index in [0.717, 1.165) is 0 Å². The van der Waals surface area contributed by atoms with Crippen LogP contribution in [0.3, 0.4) is 0 Å². The largest absolute Gasteiger partial charge is 0.347 e. The first-order valence-electron chi connectivity index (χ1n) is 3.20. The molecule has 2 N–H and O–H groups in total. The van der Waals surface area contributed by atoms with Crippen LogP contribution in [0.4, 0.5) is 0 Å². The van der Waals surface area contributed by atoms with Crippen LogP contribution >= 0.6 is 12.6 Å². The zero-order valence-corrected chi connectivity index (χ0v) is 7.19. The highest BCUT2D eigenvalue weighted by Crippen LogP contribution is 1.72. The van der Waals surface area contributed by atoms with Gasteiger partial charge < -0.3 is 10.6 Å². The van der Waals surface area contributed by atoms with Gasteiger partial charge in [0.05, 0.1) is 18.8 Å². The Labute approximate surface area is 75.3 Å². The molecule has 0 aliphatic carbocycles. The third kappa shape index (κ3) is 5.72. The van der Waals surface area contributed by atoms with Crippen LogP contribution in [-0.2, 0) is 14.4 Å². The Morgan fingerprint density at radius 1 is 1.25 bits per heavy atom. The van der Waals surface area contributed by atoms with Crippen molar-refractivity contribution < 1.29 is 14.4 Å². The van der Waals surface area contributed by atoms with Crippen molar-refractivity contribution in [3.05, 3.63) is 0 Å². The molecule has 2 amide bonds. The van der Waals surface area contributed by atoms with Gasteiger partial charge in [-0.1, -0.05) is 0 Å². The fourth-order valence-electron chi connectivity index (χ4n) is 0.432. The Kier molecular flexibility index (Phi) is 6.08. The predicted octanol–water partition coefficient (Wildman–Crippen LogP) is -1.74. The minimum atomic E-state index is -0.423. The number of thiol groups is 1. The summed E-state index contributed by atoms with van der Waals surface area (Å²) in [6.07, 6.45) is 1.49. The first-order chi connectivity index (χ1) is 5.70. The summed E-state index contributed by atoms with van der Waals surface area (Å²) in [6.45, 7) is -0.295. The summed E-state index contributed by atoms with van der Waals surface area (Å²) in [6, 6.07) is 0. The second-order valence-electron chi connectivity index (χ2n) is 1.86. The molecule has 0 atom stereocenters. The van der Waals surface area contributed by atoms with E-state index in [2.05, 4.69) is 23.3 Å². The zero-order chi connectivity index (χ0) is 9.40. The number of carbonyl (C=O) groups is 2. The van der Waals surface area contributed by atoms with Crippen LogP contribution < -0.4 is 10.6 Å². The van der Waals surface area contributed by atoms with Gasteiger partial charge in [-0.3, -0.25) is 14.4 Å². The third-order valence-electron chi connectivity index (χ3n) is 0.947. The summed E-state index contributed by atoms with van der Waals surface area (Å²) >= 11 is 3.68. The number of nitrogens with one attached hydrogen (secondary N) is 2. The van der Waals surface area contributed by atoms with Crippen molar-refractivity contribution >= 4 is 30.7 Å². The minimum Gasteiger partial charge on any atom is -0.347 e. The van der Waals surface area contributed by atoms with Gasteiger partial charge >= 0.3 is 0 Å². The molecule has 0 spiro atoms. The third-order valence-corrected chi connectivity index (χ3v) is 1.23. The molecule has 12 heavy (non-hydrogen) atoms. The average Bonchev–Trinajstić information content (AvgIpc) is 2.10. The topological polar surface area (TPSA) is 75.3 Å². The molecule has 0 rings (SSSR count). The fraction of sp³-hybridized carbons (Fsp3) is 0.500. The summed E-state index contributed by atoms with van der Waals surface area (Å²) < 4.78 is 0. The molecule has 5 nitrogen and oxygen atoms in total. The van der Waals surface area contributed by atoms with Gasteiger partial charge in [0.25, 0.3) is 0 Å². The van der Waals surface area contributed by atoms with Crippen LogP contribution in [0.5, 0.6) is 0 Å². The highest BCUT2D eigenvalue weighted by Gasteiger charge is 2.01. The van der Waals surface area contributed by atoms with E-state index in [1.807, 2.05) is 0 Å². The molecule has 0 unspecified atom stereocenters. The van der Waals surface area contributed by atoms with Gasteiger partial charge in [-0.15, -0.1) is 0 Å². The zero-order valence-electron chi connectivity index (χ0n) is 6.29. The monoisotopic (exact) mass is 189 g/mol. The first-order valence-corrected chi connectivity index (χ1v) is 3.83. The number of rotatable bonds is 5. The van der Waals surface area contributed by atoms with E-state index in [1.54, 1.807) is 0 Å². The standard InChI is InChI=1S/C6H9N2O3S/c9-2-1-7-5(10)3-8-6(11)4-12/h12H,1,3-4H2,(H,7,10)(H,8,11). The maximum Gasteiger partial charge on any atom is 0.239 e. The summed E-state index contributed by atoms with van der Waals surface area (Å²) in [5.74, 6) is -0.718. The molecule has 0 aromatic heterocycles. The molecule has 0 saturated heterocycles. The Morgan fingerprint density at radius 2 is 1.92 bits per heavy atom. The van der Waals surface area contributed by atoms with Gasteiger partial charge in [-0.25, -0.2) is 0 Å². The molecule has 0 aromatic carbocycles. The van der Waals surface area contributed by atoms with E-state index in [4.69, 9.17) is 0 Å². The Hall–Kier alpha value is -1.04. The van der Waals surface area contributed by atoms with E-state index >= 15 is 0 Å². The van der Waals surface area contributed by atoms with E-state index in [0.29, 0.717) is 0 Å². The molecule has 1 radical (unpaired) electrons. The molecule has 0 heterocycles. The van der Waals surface area contributed by atoms with Crippen molar-refractivity contribution in [3.8, 4) is 0 Å². The molecule has 0 fully saturated rings. The Balaban J connectivity index is 3.43. The number of amides is 2. The van der Waals surface area contributed by atoms with Crippen LogP contribution in [0, 0.1) is 0 Å². The van der Waals surface area contributed by atoms with Crippen molar-refractivity contribution in [2.45, 2.75) is 0 Å². The van der Waals surface area contributed by atoms with Gasteiger partial charge in [0.1, 0.15) is 0 Å². The van der Waals surface area contributed by atoms with Crippen LogP contribution in [-0.4, -0.2) is 36.9 Å². The predicted molar refractivity (Wildman–Crippen MR) is 45.6 cm³/mol. The smallest absolute Gasteiger partial charge is 0.239 e. The van der Waals surface area contributed by atoms with Gasteiger partial charge in [0.2, 0.25) is 18.1 Å². The molecular weight excluding hydrogens is 180 g/mol. The van der Waals surface area contributed by atoms with Crippen molar-refractivity contribution in [3.63, 3.8) is 0 Å². The lowest BCUT2D eigenvalue weighted by atomic mass is 10.5. The summed E-state index contributed by atoms with van der Waals surface area (Å²) in [4.78, 5) is 30.9. The molecule has 67 valence electrons. The lowest BCUT2D eigenvalue weighted by Crippen LogP contribution is -2.38. The molecule has 0 bridgehead atoms. The van der Waals surface area contributed by atoms with Gasteiger partial charge in [0.15, 0.2) is 0 Å². The van der Waals surface area contributed by atoms with Gasteiger partial charge in [-0.2, -0.15) is 12.6 Å². The second kappa shape index (κ2) is 6.66. The first kappa shape index (κ1) is 11.0. The lowest BCUT2D eigenvalue weighted by molar-refractivity contribution is -0.124. The van der Waals surface area contributed by atoms with Crippen LogP contribution in [0.2, 0.25) is 0 Å². The normalized spacial score (nSPS) is 8.75. The van der Waals surface area contributed by atoms with Crippen LogP contribution in [0.1, 0.15) is 0 Å². The summed E-state index contributed by atoms with van der Waals surface area (Å²) in [5, 5.41) is 4.49. The van der Waals surface area contributed by atoms with Gasteiger partial charge in [0, 0.05) is 0 Å². The maximum atomic E-state index is 10.7. The van der Waals surface area contributed by atoms with Crippen molar-refractivity contribution in [1.29, 1.82) is 0 Å². The Bertz CT molecular complexity index is 184. The highest BCUT2D eigenvalue weighted by molar-refractivity contribution is 7.81. The lowest BCUT2D eigenvalue weighted by Gasteiger charge is -2.01. The molecular formula is C6H9N2O3S. The minimum absolute atomic E-state index is 0.0348. The molecule has 6 heteroatoms. The number of hydrogen-bond donors (Lipinski definition) is 3. The van der Waals surface area contributed by atoms with Crippen LogP contribution in [0.15, 0.2) is 0 Å². The molecule has 0 aliphatic heterocycles. The van der Waals surface area contributed by atoms with E-state index in [9.17, 15) is 14.4 Å². The van der Waals surface area contributed by atoms with Gasteiger partial charge in [-0.05, 0) is 0 Å². The summed E-state index contributed by atoms with van der Waals surface area (Å²) in [7, 11) is 0. The van der Waals surface area contributed by atoms with E-state index < -0.39 is 5.91 Å². The SMILES string of the molecule is O=[C]CNC(=O)CNC(=O)CS. The average molecular weight is 189 g/mol. The van der Waals surface area contributed by atoms with Crippen molar-refractivity contribution in [2.75, 3.05) is 18.8 Å². The number of hydrogen-bond acceptors (Lipinski definition) is 4. The maximum absolute atomic E-state index is 10.7. The van der Waals surface area contributed by atoms with E-state index in [1.165, 1.54) is 6.29 Å². The molecule has 0 aliphatic rings. The van der Waals surface area contributed by atoms with Crippen molar-refractivity contribution in [2.24, 2.45) is 0 Å². The van der Waals surface area contributed by atoms with Crippen molar-refractivity contribution in [1.82, 2.24) is 10.6 Å². The van der Waals surface area contributed by atoms with E-state index in [-0.39, 0.29) is 24.7 Å². The fourth-order valence-corrected chi connectivity index (χ4v) is 0.544. The Morgan fingerprint density at radius 3 is 2.42 bits per heavy atom. The summed E-state index contributed by atoms with van der Waals surface area (Å²) in [5.41, 5.74) is 0.